The summed E-state index contributed by atoms with van der Waals surface area (Å²) < 4.78 is 33.5. The number of fused-ring (bicyclic) bond motifs is 1. The molecule has 1 heterocycles. The molecule has 3 aromatic carbocycles. The second kappa shape index (κ2) is 11.7. The lowest BCUT2D eigenvalue weighted by Crippen LogP contribution is -2.28. The van der Waals surface area contributed by atoms with Crippen LogP contribution in [0.5, 0.6) is 34.5 Å². The molecule has 39 heavy (non-hydrogen) atoms. The number of hydrogen-bond donors (Lipinski definition) is 1. The lowest BCUT2D eigenvalue weighted by Gasteiger charge is -2.27. The number of hydrogen-bond acceptors (Lipinski definition) is 9. The zero-order valence-corrected chi connectivity index (χ0v) is 22.4. The summed E-state index contributed by atoms with van der Waals surface area (Å²) in [7, 11) is 4.54. The van der Waals surface area contributed by atoms with Gasteiger partial charge >= 0.3 is 5.97 Å². The molecule has 0 saturated carbocycles. The topological polar surface area (TPSA) is 122 Å². The van der Waals surface area contributed by atoms with Crippen LogP contribution in [-0.2, 0) is 11.2 Å². The summed E-state index contributed by atoms with van der Waals surface area (Å²) in [5.74, 6) is 1.22. The molecule has 1 aliphatic heterocycles. The fourth-order valence-electron chi connectivity index (χ4n) is 4.37. The van der Waals surface area contributed by atoms with Gasteiger partial charge in [-0.3, -0.25) is 0 Å². The highest BCUT2D eigenvalue weighted by Crippen LogP contribution is 2.47. The molecule has 0 aromatic heterocycles. The van der Waals surface area contributed by atoms with Crippen molar-refractivity contribution in [2.75, 3.05) is 21.3 Å². The SMILES string of the molecule is CCc1ccc(OC(C)C(=O)Oc2ccc3c(c2)OC(N)=C(C#N)C3c2cc(OC)c(OC)c(OC)c2)cc1. The van der Waals surface area contributed by atoms with E-state index in [4.69, 9.17) is 34.2 Å². The maximum absolute atomic E-state index is 12.8. The molecule has 202 valence electrons. The number of nitrogens with two attached hydrogens (primary N) is 1. The predicted octanol–water partition coefficient (Wildman–Crippen LogP) is 4.87. The van der Waals surface area contributed by atoms with Gasteiger partial charge in [0.15, 0.2) is 17.6 Å². The Morgan fingerprint density at radius 2 is 1.64 bits per heavy atom. The molecular weight excluding hydrogens is 500 g/mol. The molecule has 2 N–H and O–H groups in total. The zero-order valence-electron chi connectivity index (χ0n) is 22.4. The van der Waals surface area contributed by atoms with Crippen LogP contribution in [0.2, 0.25) is 0 Å². The summed E-state index contributed by atoms with van der Waals surface area (Å²) in [5.41, 5.74) is 8.87. The van der Waals surface area contributed by atoms with Crippen LogP contribution in [0.4, 0.5) is 0 Å². The Balaban J connectivity index is 1.62. The van der Waals surface area contributed by atoms with Crippen molar-refractivity contribution in [1.29, 1.82) is 5.26 Å². The Labute approximate surface area is 227 Å². The monoisotopic (exact) mass is 530 g/mol. The number of nitriles is 1. The number of aryl methyl sites for hydroxylation is 1. The predicted molar refractivity (Wildman–Crippen MR) is 143 cm³/mol. The van der Waals surface area contributed by atoms with Crippen LogP contribution < -0.4 is 34.2 Å². The van der Waals surface area contributed by atoms with Gasteiger partial charge in [-0.05, 0) is 54.8 Å². The van der Waals surface area contributed by atoms with Crippen molar-refractivity contribution >= 4 is 5.97 Å². The average molecular weight is 531 g/mol. The number of allylic oxidation sites excluding steroid dienone is 1. The Kier molecular flexibility index (Phi) is 8.15. The van der Waals surface area contributed by atoms with E-state index in [-0.39, 0.29) is 17.2 Å². The second-order valence-corrected chi connectivity index (χ2v) is 8.76. The number of methoxy groups -OCH3 is 3. The number of ether oxygens (including phenoxy) is 6. The molecule has 2 unspecified atom stereocenters. The maximum Gasteiger partial charge on any atom is 0.352 e. The van der Waals surface area contributed by atoms with E-state index < -0.39 is 18.0 Å². The van der Waals surface area contributed by atoms with Crippen LogP contribution in [0.25, 0.3) is 0 Å². The number of benzene rings is 3. The van der Waals surface area contributed by atoms with Crippen molar-refractivity contribution in [2.24, 2.45) is 5.73 Å². The van der Waals surface area contributed by atoms with Crippen LogP contribution in [0, 0.1) is 11.3 Å². The normalized spacial score (nSPS) is 14.8. The summed E-state index contributed by atoms with van der Waals surface area (Å²) in [6.45, 7) is 3.68. The number of esters is 1. The van der Waals surface area contributed by atoms with E-state index in [2.05, 4.69) is 13.0 Å². The Bertz CT molecular complexity index is 1420. The standard InChI is InChI=1S/C30H30N2O7/c1-6-18-7-9-20(10-8-18)37-17(2)30(33)38-21-11-12-22-24(15-21)39-29(32)23(16-31)27(22)19-13-25(34-3)28(36-5)26(14-19)35-4/h7-15,17,27H,6,32H2,1-5H3. The molecule has 0 spiro atoms. The first-order chi connectivity index (χ1) is 18.8. The number of carbonyl (C=O) groups is 1. The van der Waals surface area contributed by atoms with Crippen molar-refractivity contribution < 1.29 is 33.2 Å². The Hall–Kier alpha value is -4.84. The summed E-state index contributed by atoms with van der Waals surface area (Å²) in [6, 6.07) is 18.1. The lowest BCUT2D eigenvalue weighted by molar-refractivity contribution is -0.141. The van der Waals surface area contributed by atoms with Crippen LogP contribution in [-0.4, -0.2) is 33.4 Å². The van der Waals surface area contributed by atoms with Crippen molar-refractivity contribution in [2.45, 2.75) is 32.3 Å². The van der Waals surface area contributed by atoms with Crippen molar-refractivity contribution in [1.82, 2.24) is 0 Å². The highest BCUT2D eigenvalue weighted by atomic mass is 16.6. The van der Waals surface area contributed by atoms with Gasteiger partial charge in [0.25, 0.3) is 0 Å². The van der Waals surface area contributed by atoms with E-state index in [0.29, 0.717) is 39.9 Å². The van der Waals surface area contributed by atoms with E-state index in [9.17, 15) is 10.1 Å². The minimum atomic E-state index is -0.850. The first kappa shape index (κ1) is 27.2. The number of carbonyl (C=O) groups excluding carboxylic acids is 1. The van der Waals surface area contributed by atoms with Crippen molar-refractivity contribution in [3.05, 3.63) is 82.7 Å². The zero-order chi connectivity index (χ0) is 28.1. The van der Waals surface area contributed by atoms with Crippen LogP contribution in [0.15, 0.2) is 66.1 Å². The van der Waals surface area contributed by atoms with Gasteiger partial charge in [0.1, 0.15) is 28.9 Å². The lowest BCUT2D eigenvalue weighted by atomic mass is 9.83. The third kappa shape index (κ3) is 5.55. The molecule has 0 bridgehead atoms. The van der Waals surface area contributed by atoms with Gasteiger partial charge < -0.3 is 34.2 Å². The van der Waals surface area contributed by atoms with Gasteiger partial charge in [-0.15, -0.1) is 0 Å². The maximum atomic E-state index is 12.8. The first-order valence-corrected chi connectivity index (χ1v) is 12.3. The van der Waals surface area contributed by atoms with E-state index in [0.717, 1.165) is 6.42 Å². The van der Waals surface area contributed by atoms with Gasteiger partial charge in [0.05, 0.1) is 27.2 Å². The smallest absolute Gasteiger partial charge is 0.352 e. The molecule has 9 nitrogen and oxygen atoms in total. The molecule has 0 radical (unpaired) electrons. The summed E-state index contributed by atoms with van der Waals surface area (Å²) >= 11 is 0. The average Bonchev–Trinajstić information content (AvgIpc) is 2.95. The largest absolute Gasteiger partial charge is 0.493 e. The third-order valence-corrected chi connectivity index (χ3v) is 6.41. The summed E-state index contributed by atoms with van der Waals surface area (Å²) in [6.07, 6.45) is 0.0606. The molecule has 9 heteroatoms. The molecule has 0 fully saturated rings. The highest BCUT2D eigenvalue weighted by Gasteiger charge is 2.33. The molecule has 1 aliphatic rings. The number of rotatable bonds is 9. The fourth-order valence-corrected chi connectivity index (χ4v) is 4.37. The summed E-state index contributed by atoms with van der Waals surface area (Å²) in [5, 5.41) is 9.92. The second-order valence-electron chi connectivity index (χ2n) is 8.76. The minimum absolute atomic E-state index is 0.0561. The molecule has 3 aromatic rings. The van der Waals surface area contributed by atoms with Crippen LogP contribution in [0.3, 0.4) is 0 Å². The highest BCUT2D eigenvalue weighted by molar-refractivity contribution is 5.77. The van der Waals surface area contributed by atoms with Crippen molar-refractivity contribution in [3.8, 4) is 40.6 Å². The van der Waals surface area contributed by atoms with Gasteiger partial charge in [-0.2, -0.15) is 5.26 Å². The molecule has 4 rings (SSSR count). The van der Waals surface area contributed by atoms with E-state index in [1.165, 1.54) is 26.9 Å². The quantitative estimate of drug-likeness (QED) is 0.305. The Morgan fingerprint density at radius 3 is 2.21 bits per heavy atom. The Morgan fingerprint density at radius 1 is 1.00 bits per heavy atom. The van der Waals surface area contributed by atoms with Crippen molar-refractivity contribution in [3.63, 3.8) is 0 Å². The summed E-state index contributed by atoms with van der Waals surface area (Å²) in [4.78, 5) is 12.8. The molecule has 0 saturated heterocycles. The van der Waals surface area contributed by atoms with Gasteiger partial charge in [-0.25, -0.2) is 4.79 Å². The van der Waals surface area contributed by atoms with Gasteiger partial charge in [0, 0.05) is 11.6 Å². The number of nitrogens with zero attached hydrogens (tertiary/aromatic N) is 1. The fraction of sp³-hybridized carbons (Fsp3) is 0.267. The van der Waals surface area contributed by atoms with Crippen LogP contribution in [0.1, 0.15) is 36.5 Å². The molecular formula is C30H30N2O7. The van der Waals surface area contributed by atoms with Gasteiger partial charge in [0.2, 0.25) is 11.6 Å². The first-order valence-electron chi connectivity index (χ1n) is 12.3. The minimum Gasteiger partial charge on any atom is -0.493 e. The van der Waals surface area contributed by atoms with E-state index in [1.54, 1.807) is 37.3 Å². The third-order valence-electron chi connectivity index (χ3n) is 6.41. The van der Waals surface area contributed by atoms with Gasteiger partial charge in [-0.1, -0.05) is 25.1 Å². The van der Waals surface area contributed by atoms with Crippen LogP contribution >= 0.6 is 0 Å². The van der Waals surface area contributed by atoms with E-state index >= 15 is 0 Å². The molecule has 0 aliphatic carbocycles. The molecule has 2 atom stereocenters. The van der Waals surface area contributed by atoms with E-state index in [1.807, 2.05) is 24.3 Å². The molecule has 0 amide bonds.